The van der Waals surface area contributed by atoms with Crippen molar-refractivity contribution >= 4 is 11.8 Å². The molecule has 10 heteroatoms. The highest BCUT2D eigenvalue weighted by atomic mass is 16.5. The molecule has 1 heterocycles. The monoisotopic (exact) mass is 370 g/mol. The smallest absolute Gasteiger partial charge is 0.341 e. The predicted octanol–water partition coefficient (Wildman–Crippen LogP) is 0.848. The number of hydrogen-bond acceptors (Lipinski definition) is 8. The number of nitrogen functional groups attached to an aromatic ring is 1. The molecule has 0 fully saturated rings. The highest BCUT2D eigenvalue weighted by Gasteiger charge is 2.22. The Morgan fingerprint density at radius 2 is 1.74 bits per heavy atom. The number of nitriles is 2. The average molecular weight is 370 g/mol. The van der Waals surface area contributed by atoms with Crippen LogP contribution in [0.5, 0.6) is 17.2 Å². The highest BCUT2D eigenvalue weighted by Crippen LogP contribution is 2.42. The molecule has 0 aliphatic heterocycles. The molecule has 0 spiro atoms. The third-order valence-electron chi connectivity index (χ3n) is 3.56. The van der Waals surface area contributed by atoms with Gasteiger partial charge in [0.2, 0.25) is 5.75 Å². The van der Waals surface area contributed by atoms with Crippen LogP contribution in [0.15, 0.2) is 16.9 Å². The van der Waals surface area contributed by atoms with E-state index in [9.17, 15) is 20.1 Å². The second kappa shape index (κ2) is 7.80. The Labute approximate surface area is 152 Å². The molecule has 1 aromatic heterocycles. The summed E-state index contributed by atoms with van der Waals surface area (Å²) in [6.45, 7) is -0.642. The van der Waals surface area contributed by atoms with Gasteiger partial charge in [-0.1, -0.05) is 0 Å². The molecule has 0 atom stereocenters. The first-order valence-electron chi connectivity index (χ1n) is 7.34. The van der Waals surface area contributed by atoms with Crippen LogP contribution in [-0.4, -0.2) is 36.9 Å². The lowest BCUT2D eigenvalue weighted by Crippen LogP contribution is -2.16. The Hall–Kier alpha value is -4.18. The Kier molecular flexibility index (Phi) is 5.53. The van der Waals surface area contributed by atoms with Crippen molar-refractivity contribution in [3.8, 4) is 40.5 Å². The summed E-state index contributed by atoms with van der Waals surface area (Å²) in [5, 5.41) is 27.6. The lowest BCUT2D eigenvalue weighted by Gasteiger charge is -2.16. The summed E-state index contributed by atoms with van der Waals surface area (Å²) in [5.74, 6) is -1.22. The Bertz CT molecular complexity index is 1020. The molecule has 4 N–H and O–H groups in total. The Balaban J connectivity index is 2.82. The molecule has 2 rings (SSSR count). The van der Waals surface area contributed by atoms with Gasteiger partial charge in [-0.05, 0) is 17.7 Å². The van der Waals surface area contributed by atoms with Crippen molar-refractivity contribution in [1.82, 2.24) is 4.98 Å². The first-order valence-corrected chi connectivity index (χ1v) is 7.34. The fourth-order valence-electron chi connectivity index (χ4n) is 2.43. The van der Waals surface area contributed by atoms with E-state index in [0.717, 1.165) is 0 Å². The van der Waals surface area contributed by atoms with E-state index in [1.54, 1.807) is 6.07 Å². The van der Waals surface area contributed by atoms with Gasteiger partial charge in [-0.3, -0.25) is 4.79 Å². The molecule has 0 amide bonds. The number of H-pyrrole nitrogens is 1. The fourth-order valence-corrected chi connectivity index (χ4v) is 2.43. The van der Waals surface area contributed by atoms with Crippen LogP contribution < -0.4 is 25.5 Å². The normalized spacial score (nSPS) is 9.78. The van der Waals surface area contributed by atoms with Crippen molar-refractivity contribution in [1.29, 1.82) is 10.5 Å². The minimum absolute atomic E-state index is 0.00244. The van der Waals surface area contributed by atoms with Crippen LogP contribution in [0.4, 0.5) is 5.82 Å². The van der Waals surface area contributed by atoms with E-state index in [-0.39, 0.29) is 45.3 Å². The minimum Gasteiger partial charge on any atom is -0.493 e. The molecule has 27 heavy (non-hydrogen) atoms. The van der Waals surface area contributed by atoms with Gasteiger partial charge in [-0.2, -0.15) is 10.5 Å². The number of anilines is 1. The first-order chi connectivity index (χ1) is 12.9. The van der Waals surface area contributed by atoms with Crippen LogP contribution in [0.3, 0.4) is 0 Å². The van der Waals surface area contributed by atoms with Crippen molar-refractivity contribution in [2.45, 2.75) is 0 Å². The summed E-state index contributed by atoms with van der Waals surface area (Å²) >= 11 is 0. The molecule has 0 saturated carbocycles. The van der Waals surface area contributed by atoms with E-state index in [1.165, 1.54) is 26.4 Å². The molecule has 0 radical (unpaired) electrons. The number of hydrogen-bond donors (Lipinski definition) is 3. The standard InChI is InChI=1S/C17H14N4O6/c1-25-11-3-8(4-12(26-2)15(11)27-7-13(22)23)14-9(5-18)16(20)21-17(24)10(14)6-19/h3-4H,7H2,1-2H3,(H,22,23)(H3,20,21,24). The van der Waals surface area contributed by atoms with Gasteiger partial charge in [0.15, 0.2) is 18.1 Å². The second-order valence-corrected chi connectivity index (χ2v) is 5.11. The second-order valence-electron chi connectivity index (χ2n) is 5.11. The van der Waals surface area contributed by atoms with E-state index in [2.05, 4.69) is 4.98 Å². The van der Waals surface area contributed by atoms with Crippen LogP contribution >= 0.6 is 0 Å². The number of carboxylic acids is 1. The maximum atomic E-state index is 12.1. The van der Waals surface area contributed by atoms with Crippen molar-refractivity contribution in [3.63, 3.8) is 0 Å². The summed E-state index contributed by atoms with van der Waals surface area (Å²) < 4.78 is 15.6. The number of nitrogens with two attached hydrogens (primary N) is 1. The molecular weight excluding hydrogens is 356 g/mol. The topological polar surface area (TPSA) is 171 Å². The summed E-state index contributed by atoms with van der Waals surface area (Å²) in [6, 6.07) is 6.38. The summed E-state index contributed by atoms with van der Waals surface area (Å²) in [6.07, 6.45) is 0. The molecule has 10 nitrogen and oxygen atoms in total. The van der Waals surface area contributed by atoms with Crippen LogP contribution in [0, 0.1) is 22.7 Å². The predicted molar refractivity (Wildman–Crippen MR) is 92.6 cm³/mol. The molecule has 0 saturated heterocycles. The Morgan fingerprint density at radius 3 is 2.19 bits per heavy atom. The highest BCUT2D eigenvalue weighted by molar-refractivity contribution is 5.82. The van der Waals surface area contributed by atoms with Crippen LogP contribution in [0.2, 0.25) is 0 Å². The van der Waals surface area contributed by atoms with Gasteiger partial charge >= 0.3 is 5.97 Å². The number of carbonyl (C=O) groups is 1. The van der Waals surface area contributed by atoms with Crippen molar-refractivity contribution in [2.75, 3.05) is 26.6 Å². The SMILES string of the molecule is COc1cc(-c2c(C#N)c(N)[nH]c(=O)c2C#N)cc(OC)c1OCC(=O)O. The molecular formula is C17H14N4O6. The van der Waals surface area contributed by atoms with Gasteiger partial charge in [0.25, 0.3) is 5.56 Å². The van der Waals surface area contributed by atoms with E-state index in [1.807, 2.05) is 6.07 Å². The largest absolute Gasteiger partial charge is 0.493 e. The van der Waals surface area contributed by atoms with Crippen molar-refractivity contribution in [3.05, 3.63) is 33.6 Å². The number of benzene rings is 1. The van der Waals surface area contributed by atoms with Gasteiger partial charge < -0.3 is 30.0 Å². The molecule has 0 unspecified atom stereocenters. The number of methoxy groups -OCH3 is 2. The number of nitrogens with one attached hydrogen (secondary N) is 1. The van der Waals surface area contributed by atoms with Crippen molar-refractivity contribution < 1.29 is 24.1 Å². The lowest BCUT2D eigenvalue weighted by atomic mass is 9.96. The van der Waals surface area contributed by atoms with Crippen molar-refractivity contribution in [2.24, 2.45) is 0 Å². The number of rotatable bonds is 6. The van der Waals surface area contributed by atoms with Gasteiger partial charge in [-0.25, -0.2) is 4.79 Å². The third-order valence-corrected chi connectivity index (χ3v) is 3.56. The van der Waals surface area contributed by atoms with Gasteiger partial charge in [0, 0.05) is 5.56 Å². The molecule has 0 aliphatic carbocycles. The molecule has 0 aliphatic rings. The summed E-state index contributed by atoms with van der Waals surface area (Å²) in [4.78, 5) is 25.1. The molecule has 138 valence electrons. The number of ether oxygens (including phenoxy) is 3. The lowest BCUT2D eigenvalue weighted by molar-refractivity contribution is -0.139. The van der Waals surface area contributed by atoms with E-state index < -0.39 is 18.1 Å². The Morgan fingerprint density at radius 1 is 1.19 bits per heavy atom. The quantitative estimate of drug-likeness (QED) is 0.666. The fraction of sp³-hybridized carbons (Fsp3) is 0.176. The van der Waals surface area contributed by atoms with Crippen LogP contribution in [0.1, 0.15) is 11.1 Å². The van der Waals surface area contributed by atoms with E-state index in [4.69, 9.17) is 25.1 Å². The van der Waals surface area contributed by atoms with Crippen LogP contribution in [-0.2, 0) is 4.79 Å². The molecule has 1 aromatic carbocycles. The summed E-state index contributed by atoms with van der Waals surface area (Å²) in [7, 11) is 2.63. The number of aromatic amines is 1. The van der Waals surface area contributed by atoms with E-state index >= 15 is 0 Å². The summed E-state index contributed by atoms with van der Waals surface area (Å²) in [5.41, 5.74) is 4.77. The van der Waals surface area contributed by atoms with E-state index in [0.29, 0.717) is 0 Å². The molecule has 0 bridgehead atoms. The zero-order valence-electron chi connectivity index (χ0n) is 14.3. The number of aromatic nitrogens is 1. The third kappa shape index (κ3) is 3.60. The maximum Gasteiger partial charge on any atom is 0.341 e. The van der Waals surface area contributed by atoms with Crippen LogP contribution in [0.25, 0.3) is 11.1 Å². The number of carboxylic acid groups (broad SMARTS) is 1. The number of nitrogens with zero attached hydrogens (tertiary/aromatic N) is 2. The number of pyridine rings is 1. The first kappa shape index (κ1) is 19.1. The van der Waals surface area contributed by atoms with Gasteiger partial charge in [-0.15, -0.1) is 0 Å². The minimum atomic E-state index is -1.20. The van der Waals surface area contributed by atoms with Gasteiger partial charge in [0.05, 0.1) is 14.2 Å². The molecule has 2 aromatic rings. The number of aliphatic carboxylic acids is 1. The zero-order valence-corrected chi connectivity index (χ0v) is 14.3. The zero-order chi connectivity index (χ0) is 20.1. The van der Waals surface area contributed by atoms with Gasteiger partial charge in [0.1, 0.15) is 29.1 Å². The average Bonchev–Trinajstić information content (AvgIpc) is 2.64. The maximum absolute atomic E-state index is 12.1.